The summed E-state index contributed by atoms with van der Waals surface area (Å²) in [5.41, 5.74) is 4.59. The van der Waals surface area contributed by atoms with E-state index >= 15 is 0 Å². The van der Waals surface area contributed by atoms with Crippen LogP contribution in [0.25, 0.3) is 0 Å². The van der Waals surface area contributed by atoms with E-state index in [1.807, 2.05) is 0 Å². The Labute approximate surface area is 122 Å². The molecule has 0 amide bonds. The predicted molar refractivity (Wildman–Crippen MR) is 82.0 cm³/mol. The Morgan fingerprint density at radius 3 is 2.85 bits per heavy atom. The molecule has 1 saturated heterocycles. The SMILES string of the molecule is c1cc2c(cc1CNCCCN1CCOCC1)CCC2. The first-order chi connectivity index (χ1) is 9.92. The van der Waals surface area contributed by atoms with Gasteiger partial charge < -0.3 is 10.1 Å². The van der Waals surface area contributed by atoms with Gasteiger partial charge in [0.1, 0.15) is 0 Å². The Morgan fingerprint density at radius 1 is 1.10 bits per heavy atom. The molecule has 20 heavy (non-hydrogen) atoms. The van der Waals surface area contributed by atoms with Crippen molar-refractivity contribution in [3.63, 3.8) is 0 Å². The number of nitrogens with one attached hydrogen (secondary N) is 1. The molecule has 0 saturated carbocycles. The third kappa shape index (κ3) is 3.81. The third-order valence-corrected chi connectivity index (χ3v) is 4.42. The van der Waals surface area contributed by atoms with Crippen LogP contribution in [0.5, 0.6) is 0 Å². The van der Waals surface area contributed by atoms with Crippen molar-refractivity contribution in [1.29, 1.82) is 0 Å². The number of fused-ring (bicyclic) bond motifs is 1. The van der Waals surface area contributed by atoms with Crippen LogP contribution in [-0.2, 0) is 24.1 Å². The number of rotatable bonds is 6. The Bertz CT molecular complexity index is 427. The van der Waals surface area contributed by atoms with Crippen LogP contribution < -0.4 is 5.32 Å². The molecule has 2 aliphatic rings. The number of morpholine rings is 1. The van der Waals surface area contributed by atoms with Gasteiger partial charge in [-0.2, -0.15) is 0 Å². The molecular formula is C17H26N2O. The van der Waals surface area contributed by atoms with Gasteiger partial charge in [-0.1, -0.05) is 18.2 Å². The lowest BCUT2D eigenvalue weighted by Gasteiger charge is -2.26. The second-order valence-corrected chi connectivity index (χ2v) is 5.94. The van der Waals surface area contributed by atoms with E-state index in [1.54, 1.807) is 11.1 Å². The van der Waals surface area contributed by atoms with E-state index in [-0.39, 0.29) is 0 Å². The van der Waals surface area contributed by atoms with Crippen molar-refractivity contribution in [1.82, 2.24) is 10.2 Å². The molecule has 1 fully saturated rings. The molecule has 3 heteroatoms. The highest BCUT2D eigenvalue weighted by Crippen LogP contribution is 2.22. The molecule has 1 aliphatic heterocycles. The highest BCUT2D eigenvalue weighted by Gasteiger charge is 2.11. The number of hydrogen-bond donors (Lipinski definition) is 1. The normalized spacial score (nSPS) is 19.2. The van der Waals surface area contributed by atoms with Crippen molar-refractivity contribution in [2.24, 2.45) is 0 Å². The van der Waals surface area contributed by atoms with Gasteiger partial charge in [-0.05, 0) is 55.5 Å². The van der Waals surface area contributed by atoms with Crippen molar-refractivity contribution >= 4 is 0 Å². The van der Waals surface area contributed by atoms with Crippen molar-refractivity contribution < 1.29 is 4.74 Å². The molecule has 1 aromatic rings. The standard InChI is InChI=1S/C17H26N2O/c1-3-16-6-5-15(13-17(16)4-1)14-18-7-2-8-19-9-11-20-12-10-19/h5-6,13,18H,1-4,7-12,14H2. The van der Waals surface area contributed by atoms with Crippen LogP contribution in [0.2, 0.25) is 0 Å². The summed E-state index contributed by atoms with van der Waals surface area (Å²) in [6.45, 7) is 7.33. The maximum absolute atomic E-state index is 5.36. The summed E-state index contributed by atoms with van der Waals surface area (Å²) in [5.74, 6) is 0. The lowest BCUT2D eigenvalue weighted by Crippen LogP contribution is -2.37. The van der Waals surface area contributed by atoms with Crippen LogP contribution in [0.4, 0.5) is 0 Å². The average Bonchev–Trinajstić information content (AvgIpc) is 2.95. The number of benzene rings is 1. The fourth-order valence-electron chi connectivity index (χ4n) is 3.22. The molecule has 3 nitrogen and oxygen atoms in total. The molecule has 0 spiro atoms. The van der Waals surface area contributed by atoms with Crippen molar-refractivity contribution in [2.75, 3.05) is 39.4 Å². The molecule has 1 heterocycles. The highest BCUT2D eigenvalue weighted by atomic mass is 16.5. The zero-order valence-corrected chi connectivity index (χ0v) is 12.4. The minimum absolute atomic E-state index is 0.905. The smallest absolute Gasteiger partial charge is 0.0594 e. The second-order valence-electron chi connectivity index (χ2n) is 5.94. The molecule has 0 radical (unpaired) electrons. The maximum atomic E-state index is 5.36. The average molecular weight is 274 g/mol. The molecule has 0 atom stereocenters. The monoisotopic (exact) mass is 274 g/mol. The first kappa shape index (κ1) is 14.1. The molecule has 1 aromatic carbocycles. The van der Waals surface area contributed by atoms with Crippen LogP contribution in [0.1, 0.15) is 29.5 Å². The summed E-state index contributed by atoms with van der Waals surface area (Å²) in [4.78, 5) is 2.50. The van der Waals surface area contributed by atoms with Crippen LogP contribution in [0, 0.1) is 0 Å². The van der Waals surface area contributed by atoms with E-state index in [0.29, 0.717) is 0 Å². The quantitative estimate of drug-likeness (QED) is 0.803. The molecule has 0 aromatic heterocycles. The van der Waals surface area contributed by atoms with Gasteiger partial charge in [0.15, 0.2) is 0 Å². The summed E-state index contributed by atoms with van der Waals surface area (Å²) < 4.78 is 5.36. The van der Waals surface area contributed by atoms with Crippen molar-refractivity contribution in [3.8, 4) is 0 Å². The first-order valence-electron chi connectivity index (χ1n) is 8.03. The summed E-state index contributed by atoms with van der Waals surface area (Å²) in [7, 11) is 0. The summed E-state index contributed by atoms with van der Waals surface area (Å²) >= 11 is 0. The van der Waals surface area contributed by atoms with E-state index in [4.69, 9.17) is 4.74 Å². The van der Waals surface area contributed by atoms with E-state index in [2.05, 4.69) is 28.4 Å². The van der Waals surface area contributed by atoms with E-state index in [9.17, 15) is 0 Å². The van der Waals surface area contributed by atoms with Gasteiger partial charge in [0.25, 0.3) is 0 Å². The Morgan fingerprint density at radius 2 is 1.95 bits per heavy atom. The molecule has 1 N–H and O–H groups in total. The minimum atomic E-state index is 0.905. The molecular weight excluding hydrogens is 248 g/mol. The lowest BCUT2D eigenvalue weighted by molar-refractivity contribution is 0.0374. The molecule has 110 valence electrons. The fraction of sp³-hybridized carbons (Fsp3) is 0.647. The van der Waals surface area contributed by atoms with Crippen LogP contribution in [0.3, 0.4) is 0 Å². The molecule has 0 unspecified atom stereocenters. The Balaban J connectivity index is 1.33. The Hall–Kier alpha value is -0.900. The van der Waals surface area contributed by atoms with Gasteiger partial charge in [-0.3, -0.25) is 4.90 Å². The van der Waals surface area contributed by atoms with Gasteiger partial charge in [0.2, 0.25) is 0 Å². The molecule has 3 rings (SSSR count). The van der Waals surface area contributed by atoms with Gasteiger partial charge >= 0.3 is 0 Å². The minimum Gasteiger partial charge on any atom is -0.379 e. The zero-order valence-electron chi connectivity index (χ0n) is 12.4. The number of nitrogens with zero attached hydrogens (tertiary/aromatic N) is 1. The molecule has 1 aliphatic carbocycles. The fourth-order valence-corrected chi connectivity index (χ4v) is 3.22. The largest absolute Gasteiger partial charge is 0.379 e. The van der Waals surface area contributed by atoms with E-state index in [0.717, 1.165) is 39.4 Å². The van der Waals surface area contributed by atoms with Gasteiger partial charge in [0.05, 0.1) is 13.2 Å². The van der Waals surface area contributed by atoms with Crippen molar-refractivity contribution in [2.45, 2.75) is 32.2 Å². The van der Waals surface area contributed by atoms with Crippen LogP contribution >= 0.6 is 0 Å². The number of hydrogen-bond acceptors (Lipinski definition) is 3. The zero-order chi connectivity index (χ0) is 13.6. The van der Waals surface area contributed by atoms with Gasteiger partial charge in [-0.25, -0.2) is 0 Å². The molecule has 0 bridgehead atoms. The lowest BCUT2D eigenvalue weighted by atomic mass is 10.1. The Kier molecular flexibility index (Phi) is 5.06. The van der Waals surface area contributed by atoms with Gasteiger partial charge in [-0.15, -0.1) is 0 Å². The second kappa shape index (κ2) is 7.21. The van der Waals surface area contributed by atoms with Gasteiger partial charge in [0, 0.05) is 19.6 Å². The summed E-state index contributed by atoms with van der Waals surface area (Å²) in [5, 5.41) is 3.57. The summed E-state index contributed by atoms with van der Waals surface area (Å²) in [6.07, 6.45) is 5.12. The van der Waals surface area contributed by atoms with E-state index in [1.165, 1.54) is 37.8 Å². The third-order valence-electron chi connectivity index (χ3n) is 4.42. The van der Waals surface area contributed by atoms with Crippen LogP contribution in [-0.4, -0.2) is 44.3 Å². The highest BCUT2D eigenvalue weighted by molar-refractivity contribution is 5.35. The first-order valence-corrected chi connectivity index (χ1v) is 8.03. The maximum Gasteiger partial charge on any atom is 0.0594 e. The van der Waals surface area contributed by atoms with Crippen molar-refractivity contribution in [3.05, 3.63) is 34.9 Å². The topological polar surface area (TPSA) is 24.5 Å². The predicted octanol–water partition coefficient (Wildman–Crippen LogP) is 1.99. The summed E-state index contributed by atoms with van der Waals surface area (Å²) in [6, 6.07) is 7.02. The van der Waals surface area contributed by atoms with Crippen LogP contribution in [0.15, 0.2) is 18.2 Å². The number of aryl methyl sites for hydroxylation is 2. The van der Waals surface area contributed by atoms with E-state index < -0.39 is 0 Å². The number of ether oxygens (including phenoxy) is 1.